The molecule has 0 atom stereocenters. The lowest BCUT2D eigenvalue weighted by Gasteiger charge is -2.07. The van der Waals surface area contributed by atoms with Gasteiger partial charge in [0.25, 0.3) is 0 Å². The summed E-state index contributed by atoms with van der Waals surface area (Å²) in [5, 5.41) is 23.8. The minimum Gasteiger partial charge on any atom is -0.390 e. The third kappa shape index (κ3) is 3.84. The minimum absolute atomic E-state index is 0.0423. The molecule has 0 saturated heterocycles. The Hall–Kier alpha value is -2.30. The van der Waals surface area contributed by atoms with Gasteiger partial charge in [0.05, 0.1) is 23.4 Å². The van der Waals surface area contributed by atoms with E-state index in [1.54, 1.807) is 0 Å². The quantitative estimate of drug-likeness (QED) is 0.650. The number of aliphatic hydroxyl groups is 1. The Morgan fingerprint density at radius 2 is 2.00 bits per heavy atom. The summed E-state index contributed by atoms with van der Waals surface area (Å²) >= 11 is 0. The van der Waals surface area contributed by atoms with Crippen LogP contribution in [0.1, 0.15) is 5.69 Å². The van der Waals surface area contributed by atoms with E-state index in [1.165, 1.54) is 35.1 Å². The number of anilines is 1. The van der Waals surface area contributed by atoms with Crippen molar-refractivity contribution < 1.29 is 18.3 Å². The fourth-order valence-corrected chi connectivity index (χ4v) is 2.11. The number of aliphatic hydroxyl groups excluding tert-OH is 1. The molecule has 9 nitrogen and oxygen atoms in total. The number of carbonyl (C=O) groups is 1. The van der Waals surface area contributed by atoms with Crippen LogP contribution in [0.3, 0.4) is 0 Å². The molecule has 10 heteroatoms. The molecule has 0 radical (unpaired) electrons. The number of carbonyl (C=O) groups excluding carboxylic acids is 1. The van der Waals surface area contributed by atoms with Crippen molar-refractivity contribution >= 4 is 21.6 Å². The summed E-state index contributed by atoms with van der Waals surface area (Å²) in [6.45, 7) is -0.393. The largest absolute Gasteiger partial charge is 0.390 e. The predicted molar refractivity (Wildman–Crippen MR) is 72.4 cm³/mol. The molecule has 0 aliphatic heterocycles. The monoisotopic (exact) mass is 311 g/mol. The molecule has 1 aromatic heterocycles. The molecule has 0 aliphatic rings. The molecule has 4 N–H and O–H groups in total. The summed E-state index contributed by atoms with van der Waals surface area (Å²) in [7, 11) is -3.76. The molecule has 21 heavy (non-hydrogen) atoms. The normalized spacial score (nSPS) is 11.3. The maximum atomic E-state index is 11.8. The summed E-state index contributed by atoms with van der Waals surface area (Å²) in [6, 6.07) is 5.43. The van der Waals surface area contributed by atoms with Crippen LogP contribution in [0.2, 0.25) is 0 Å². The molecule has 2 rings (SSSR count). The molecule has 0 fully saturated rings. The fraction of sp³-hybridized carbons (Fsp3) is 0.182. The van der Waals surface area contributed by atoms with Gasteiger partial charge in [-0.1, -0.05) is 5.21 Å². The van der Waals surface area contributed by atoms with Crippen LogP contribution in [0.15, 0.2) is 35.4 Å². The number of aromatic nitrogens is 3. The molecule has 0 spiro atoms. The van der Waals surface area contributed by atoms with Crippen molar-refractivity contribution in [3.63, 3.8) is 0 Å². The standard InChI is InChI=1S/C11H13N5O4S/c12-21(19,20)10-3-1-8(2-4-10)14-11(18)6-16-9(7-17)5-13-15-16/h1-5,17H,6-7H2,(H,14,18)(H2,12,19,20). The number of amides is 1. The predicted octanol–water partition coefficient (Wildman–Crippen LogP) is -0.943. The van der Waals surface area contributed by atoms with Gasteiger partial charge in [0.2, 0.25) is 15.9 Å². The van der Waals surface area contributed by atoms with Crippen molar-refractivity contribution in [2.75, 3.05) is 5.32 Å². The minimum atomic E-state index is -3.76. The van der Waals surface area contributed by atoms with E-state index >= 15 is 0 Å². The first-order chi connectivity index (χ1) is 9.90. The molecular weight excluding hydrogens is 298 g/mol. The van der Waals surface area contributed by atoms with Gasteiger partial charge in [0, 0.05) is 5.69 Å². The number of nitrogens with zero attached hydrogens (tertiary/aromatic N) is 3. The van der Waals surface area contributed by atoms with Gasteiger partial charge in [0.15, 0.2) is 0 Å². The molecule has 0 saturated carbocycles. The lowest BCUT2D eigenvalue weighted by atomic mass is 10.3. The number of nitrogens with two attached hydrogens (primary N) is 1. The van der Waals surface area contributed by atoms with E-state index < -0.39 is 15.9 Å². The van der Waals surface area contributed by atoms with E-state index in [2.05, 4.69) is 15.6 Å². The first-order valence-electron chi connectivity index (χ1n) is 5.81. The molecule has 1 aromatic carbocycles. The Morgan fingerprint density at radius 1 is 1.33 bits per heavy atom. The second kappa shape index (κ2) is 5.99. The molecule has 1 heterocycles. The Bertz CT molecular complexity index is 738. The smallest absolute Gasteiger partial charge is 0.246 e. The third-order valence-electron chi connectivity index (χ3n) is 2.62. The summed E-state index contributed by atoms with van der Waals surface area (Å²) < 4.78 is 23.5. The van der Waals surface area contributed by atoms with E-state index in [-0.39, 0.29) is 18.0 Å². The Morgan fingerprint density at radius 3 is 2.57 bits per heavy atom. The molecule has 0 unspecified atom stereocenters. The topological polar surface area (TPSA) is 140 Å². The summed E-state index contributed by atoms with van der Waals surface area (Å²) in [5.74, 6) is -0.390. The van der Waals surface area contributed by atoms with Crippen molar-refractivity contribution in [2.24, 2.45) is 5.14 Å². The van der Waals surface area contributed by atoms with Crippen LogP contribution in [0, 0.1) is 0 Å². The number of hydrogen-bond donors (Lipinski definition) is 3. The lowest BCUT2D eigenvalue weighted by molar-refractivity contribution is -0.117. The maximum absolute atomic E-state index is 11.8. The first kappa shape index (κ1) is 15.1. The number of sulfonamides is 1. The van der Waals surface area contributed by atoms with Gasteiger partial charge >= 0.3 is 0 Å². The first-order valence-corrected chi connectivity index (χ1v) is 7.36. The van der Waals surface area contributed by atoms with Crippen molar-refractivity contribution in [3.8, 4) is 0 Å². The van der Waals surface area contributed by atoms with Crippen molar-refractivity contribution in [1.29, 1.82) is 0 Å². The molecule has 0 aliphatic carbocycles. The van der Waals surface area contributed by atoms with E-state index in [9.17, 15) is 13.2 Å². The molecule has 1 amide bonds. The van der Waals surface area contributed by atoms with Crippen LogP contribution < -0.4 is 10.5 Å². The van der Waals surface area contributed by atoms with Gasteiger partial charge in [-0.25, -0.2) is 18.2 Å². The maximum Gasteiger partial charge on any atom is 0.246 e. The van der Waals surface area contributed by atoms with Crippen molar-refractivity contribution in [1.82, 2.24) is 15.0 Å². The zero-order valence-electron chi connectivity index (χ0n) is 10.8. The molecule has 112 valence electrons. The van der Waals surface area contributed by atoms with Crippen molar-refractivity contribution in [3.05, 3.63) is 36.2 Å². The Balaban J connectivity index is 2.03. The van der Waals surface area contributed by atoms with E-state index in [4.69, 9.17) is 10.2 Å². The van der Waals surface area contributed by atoms with Gasteiger partial charge in [-0.15, -0.1) is 5.10 Å². The zero-order valence-corrected chi connectivity index (χ0v) is 11.6. The highest BCUT2D eigenvalue weighted by atomic mass is 32.2. The summed E-state index contributed by atoms with van der Waals surface area (Å²) in [4.78, 5) is 11.8. The van der Waals surface area contributed by atoms with Gasteiger partial charge in [-0.3, -0.25) is 4.79 Å². The zero-order chi connectivity index (χ0) is 15.5. The fourth-order valence-electron chi connectivity index (χ4n) is 1.60. The van der Waals surface area contributed by atoms with Crippen LogP contribution in [0.25, 0.3) is 0 Å². The van der Waals surface area contributed by atoms with Gasteiger partial charge < -0.3 is 10.4 Å². The summed E-state index contributed by atoms with van der Waals surface area (Å²) in [5.41, 5.74) is 0.827. The Labute approximate surface area is 120 Å². The number of hydrogen-bond acceptors (Lipinski definition) is 6. The second-order valence-electron chi connectivity index (χ2n) is 4.16. The van der Waals surface area contributed by atoms with Crippen LogP contribution >= 0.6 is 0 Å². The number of rotatable bonds is 5. The lowest BCUT2D eigenvalue weighted by Crippen LogP contribution is -2.21. The van der Waals surface area contributed by atoms with Gasteiger partial charge in [0.1, 0.15) is 6.54 Å². The summed E-state index contributed by atoms with van der Waals surface area (Å²) in [6.07, 6.45) is 1.36. The highest BCUT2D eigenvalue weighted by molar-refractivity contribution is 7.89. The molecular formula is C11H13N5O4S. The van der Waals surface area contributed by atoms with Crippen LogP contribution in [-0.2, 0) is 28.0 Å². The Kier molecular flexibility index (Phi) is 4.31. The molecule has 2 aromatic rings. The second-order valence-corrected chi connectivity index (χ2v) is 5.72. The number of primary sulfonamides is 1. The SMILES string of the molecule is NS(=O)(=O)c1ccc(NC(=O)Cn2nncc2CO)cc1. The van der Waals surface area contributed by atoms with E-state index in [0.717, 1.165) is 0 Å². The van der Waals surface area contributed by atoms with E-state index in [1.807, 2.05) is 0 Å². The van der Waals surface area contributed by atoms with Crippen LogP contribution in [-0.4, -0.2) is 34.4 Å². The molecule has 0 bridgehead atoms. The van der Waals surface area contributed by atoms with Crippen LogP contribution in [0.4, 0.5) is 5.69 Å². The third-order valence-corrected chi connectivity index (χ3v) is 3.55. The van der Waals surface area contributed by atoms with Gasteiger partial charge in [-0.2, -0.15) is 0 Å². The highest BCUT2D eigenvalue weighted by Crippen LogP contribution is 2.12. The average molecular weight is 311 g/mol. The number of nitrogens with one attached hydrogen (secondary N) is 1. The van der Waals surface area contributed by atoms with E-state index in [0.29, 0.717) is 11.4 Å². The van der Waals surface area contributed by atoms with Gasteiger partial charge in [-0.05, 0) is 24.3 Å². The highest BCUT2D eigenvalue weighted by Gasteiger charge is 2.10. The number of benzene rings is 1. The average Bonchev–Trinajstić information content (AvgIpc) is 2.85. The van der Waals surface area contributed by atoms with Crippen LogP contribution in [0.5, 0.6) is 0 Å². The van der Waals surface area contributed by atoms with Crippen molar-refractivity contribution in [2.45, 2.75) is 18.0 Å².